The maximum absolute atomic E-state index is 11.9. The zero-order valence-corrected chi connectivity index (χ0v) is 15.2. The molecule has 0 bridgehead atoms. The summed E-state index contributed by atoms with van der Waals surface area (Å²) in [7, 11) is 1.79. The Hall–Kier alpha value is -1.59. The highest BCUT2D eigenvalue weighted by Crippen LogP contribution is 2.09. The standard InChI is InChI=1S/C17H27N3O2.ClH/c1-12(2)17(22)20(4)11-14-5-7-15(8-6-14)16(21)19-10-9-13(3)18;/h5-8,12-13H,9-11,18H2,1-4H3,(H,19,21);1H. The molecule has 1 aromatic rings. The van der Waals surface area contributed by atoms with Crippen LogP contribution in [0.25, 0.3) is 0 Å². The molecule has 6 heteroatoms. The summed E-state index contributed by atoms with van der Waals surface area (Å²) in [5.41, 5.74) is 7.27. The molecule has 0 aliphatic heterocycles. The van der Waals surface area contributed by atoms with Gasteiger partial charge in [0, 0.05) is 37.7 Å². The second kappa shape index (κ2) is 10.2. The molecule has 1 unspecified atom stereocenters. The smallest absolute Gasteiger partial charge is 0.251 e. The average molecular weight is 342 g/mol. The Kier molecular flexibility index (Phi) is 9.53. The van der Waals surface area contributed by atoms with Crippen LogP contribution in [0.2, 0.25) is 0 Å². The van der Waals surface area contributed by atoms with Gasteiger partial charge in [0.15, 0.2) is 0 Å². The minimum absolute atomic E-state index is 0. The lowest BCUT2D eigenvalue weighted by atomic mass is 10.1. The van der Waals surface area contributed by atoms with Gasteiger partial charge in [-0.25, -0.2) is 0 Å². The van der Waals surface area contributed by atoms with Gasteiger partial charge in [-0.15, -0.1) is 12.4 Å². The van der Waals surface area contributed by atoms with Crippen molar-refractivity contribution >= 4 is 24.2 Å². The Morgan fingerprint density at radius 1 is 1.17 bits per heavy atom. The second-order valence-electron chi connectivity index (χ2n) is 6.07. The Labute approximate surface area is 145 Å². The van der Waals surface area contributed by atoms with Gasteiger partial charge in [0.25, 0.3) is 5.91 Å². The molecule has 0 radical (unpaired) electrons. The SMILES string of the molecule is CC(N)CCNC(=O)c1ccc(CN(C)C(=O)C(C)C)cc1.Cl. The summed E-state index contributed by atoms with van der Waals surface area (Å²) in [6, 6.07) is 7.40. The van der Waals surface area contributed by atoms with Crippen LogP contribution >= 0.6 is 12.4 Å². The van der Waals surface area contributed by atoms with E-state index in [4.69, 9.17) is 5.73 Å². The number of hydrogen-bond donors (Lipinski definition) is 2. The van der Waals surface area contributed by atoms with E-state index in [1.54, 1.807) is 24.1 Å². The molecule has 0 aliphatic carbocycles. The summed E-state index contributed by atoms with van der Waals surface area (Å²) in [5.74, 6) is -0.00322. The van der Waals surface area contributed by atoms with Crippen molar-refractivity contribution < 1.29 is 9.59 Å². The molecule has 0 aliphatic rings. The van der Waals surface area contributed by atoms with Gasteiger partial charge in [-0.05, 0) is 31.0 Å². The van der Waals surface area contributed by atoms with Gasteiger partial charge in [-0.2, -0.15) is 0 Å². The van der Waals surface area contributed by atoms with Gasteiger partial charge < -0.3 is 16.0 Å². The average Bonchev–Trinajstić information content (AvgIpc) is 2.46. The lowest BCUT2D eigenvalue weighted by Crippen LogP contribution is -2.30. The number of nitrogens with one attached hydrogen (secondary N) is 1. The van der Waals surface area contributed by atoms with Crippen molar-refractivity contribution in [1.82, 2.24) is 10.2 Å². The maximum atomic E-state index is 11.9. The maximum Gasteiger partial charge on any atom is 0.251 e. The van der Waals surface area contributed by atoms with Gasteiger partial charge in [0.05, 0.1) is 0 Å². The van der Waals surface area contributed by atoms with Crippen LogP contribution in [0.4, 0.5) is 0 Å². The fourth-order valence-corrected chi connectivity index (χ4v) is 2.07. The van der Waals surface area contributed by atoms with E-state index in [2.05, 4.69) is 5.32 Å². The first kappa shape index (κ1) is 21.4. The van der Waals surface area contributed by atoms with Crippen LogP contribution < -0.4 is 11.1 Å². The van der Waals surface area contributed by atoms with Crippen LogP contribution in [0.1, 0.15) is 43.1 Å². The van der Waals surface area contributed by atoms with E-state index in [-0.39, 0.29) is 36.2 Å². The molecule has 5 nitrogen and oxygen atoms in total. The van der Waals surface area contributed by atoms with Crippen LogP contribution in [-0.4, -0.2) is 36.3 Å². The van der Waals surface area contributed by atoms with E-state index in [0.29, 0.717) is 18.7 Å². The molecule has 0 saturated heterocycles. The van der Waals surface area contributed by atoms with Crippen molar-refractivity contribution in [3.8, 4) is 0 Å². The molecule has 0 aromatic heterocycles. The summed E-state index contributed by atoms with van der Waals surface area (Å²) in [6.45, 7) is 6.80. The van der Waals surface area contributed by atoms with Crippen LogP contribution in [-0.2, 0) is 11.3 Å². The molecule has 1 aromatic carbocycles. The number of rotatable bonds is 7. The monoisotopic (exact) mass is 341 g/mol. The van der Waals surface area contributed by atoms with E-state index >= 15 is 0 Å². The number of nitrogens with zero attached hydrogens (tertiary/aromatic N) is 1. The van der Waals surface area contributed by atoms with Crippen molar-refractivity contribution in [2.75, 3.05) is 13.6 Å². The summed E-state index contributed by atoms with van der Waals surface area (Å²) >= 11 is 0. The summed E-state index contributed by atoms with van der Waals surface area (Å²) in [5, 5.41) is 2.84. The lowest BCUT2D eigenvalue weighted by molar-refractivity contribution is -0.133. The molecule has 0 heterocycles. The number of halogens is 1. The molecule has 1 atom stereocenters. The zero-order chi connectivity index (χ0) is 16.7. The van der Waals surface area contributed by atoms with Crippen molar-refractivity contribution in [1.29, 1.82) is 0 Å². The fourth-order valence-electron chi connectivity index (χ4n) is 2.07. The van der Waals surface area contributed by atoms with Crippen LogP contribution in [0.15, 0.2) is 24.3 Å². The van der Waals surface area contributed by atoms with Gasteiger partial charge in [0.1, 0.15) is 0 Å². The van der Waals surface area contributed by atoms with E-state index in [1.165, 1.54) is 0 Å². The molecule has 0 spiro atoms. The third-order valence-corrected chi connectivity index (χ3v) is 3.39. The number of hydrogen-bond acceptors (Lipinski definition) is 3. The van der Waals surface area contributed by atoms with Crippen LogP contribution in [0.5, 0.6) is 0 Å². The quantitative estimate of drug-likeness (QED) is 0.798. The Bertz CT molecular complexity index is 501. The van der Waals surface area contributed by atoms with E-state index in [0.717, 1.165) is 12.0 Å². The van der Waals surface area contributed by atoms with Crippen molar-refractivity contribution in [3.63, 3.8) is 0 Å². The fraction of sp³-hybridized carbons (Fsp3) is 0.529. The molecular weight excluding hydrogens is 314 g/mol. The van der Waals surface area contributed by atoms with E-state index in [1.807, 2.05) is 32.9 Å². The topological polar surface area (TPSA) is 75.4 Å². The number of nitrogens with two attached hydrogens (primary N) is 1. The molecule has 0 fully saturated rings. The predicted octanol–water partition coefficient (Wildman–Crippen LogP) is 2.19. The molecule has 2 amide bonds. The third kappa shape index (κ3) is 7.48. The molecule has 1 rings (SSSR count). The van der Waals surface area contributed by atoms with Gasteiger partial charge in [0.2, 0.25) is 5.91 Å². The number of carbonyl (C=O) groups excluding carboxylic acids is 2. The number of benzene rings is 1. The molecule has 3 N–H and O–H groups in total. The molecular formula is C17H28ClN3O2. The van der Waals surface area contributed by atoms with Gasteiger partial charge in [-0.3, -0.25) is 9.59 Å². The van der Waals surface area contributed by atoms with Crippen molar-refractivity contribution in [2.24, 2.45) is 11.7 Å². The predicted molar refractivity (Wildman–Crippen MR) is 95.6 cm³/mol. The Morgan fingerprint density at radius 3 is 2.22 bits per heavy atom. The van der Waals surface area contributed by atoms with E-state index < -0.39 is 0 Å². The van der Waals surface area contributed by atoms with Crippen LogP contribution in [0.3, 0.4) is 0 Å². The highest BCUT2D eigenvalue weighted by Gasteiger charge is 2.13. The minimum atomic E-state index is -0.0983. The van der Waals surface area contributed by atoms with E-state index in [9.17, 15) is 9.59 Å². The highest BCUT2D eigenvalue weighted by molar-refractivity contribution is 5.94. The van der Waals surface area contributed by atoms with Crippen molar-refractivity contribution in [2.45, 2.75) is 39.8 Å². The molecule has 23 heavy (non-hydrogen) atoms. The largest absolute Gasteiger partial charge is 0.352 e. The molecule has 130 valence electrons. The first-order valence-corrected chi connectivity index (χ1v) is 7.69. The van der Waals surface area contributed by atoms with Crippen LogP contribution in [0, 0.1) is 5.92 Å². The second-order valence-corrected chi connectivity index (χ2v) is 6.07. The van der Waals surface area contributed by atoms with Gasteiger partial charge in [-0.1, -0.05) is 26.0 Å². The minimum Gasteiger partial charge on any atom is -0.352 e. The first-order chi connectivity index (χ1) is 10.3. The van der Waals surface area contributed by atoms with Crippen molar-refractivity contribution in [3.05, 3.63) is 35.4 Å². The summed E-state index contributed by atoms with van der Waals surface area (Å²) in [4.78, 5) is 25.5. The zero-order valence-electron chi connectivity index (χ0n) is 14.3. The highest BCUT2D eigenvalue weighted by atomic mass is 35.5. The molecule has 0 saturated carbocycles. The number of carbonyl (C=O) groups is 2. The third-order valence-electron chi connectivity index (χ3n) is 3.39. The Morgan fingerprint density at radius 2 is 1.74 bits per heavy atom. The van der Waals surface area contributed by atoms with Gasteiger partial charge >= 0.3 is 0 Å². The summed E-state index contributed by atoms with van der Waals surface area (Å²) < 4.78 is 0. The lowest BCUT2D eigenvalue weighted by Gasteiger charge is -2.19. The number of amides is 2. The Balaban J connectivity index is 0.00000484. The summed E-state index contributed by atoms with van der Waals surface area (Å²) in [6.07, 6.45) is 0.756. The first-order valence-electron chi connectivity index (χ1n) is 7.69. The normalized spacial score (nSPS) is 11.6.